The van der Waals surface area contributed by atoms with Crippen LogP contribution >= 0.6 is 0 Å². The molecule has 24 heavy (non-hydrogen) atoms. The van der Waals surface area contributed by atoms with Gasteiger partial charge >= 0.3 is 0 Å². The average Bonchev–Trinajstić information content (AvgIpc) is 3.14. The van der Waals surface area contributed by atoms with Crippen molar-refractivity contribution in [2.24, 2.45) is 16.7 Å². The van der Waals surface area contributed by atoms with Crippen LogP contribution in [-0.4, -0.2) is 52.7 Å². The Kier molecular flexibility index (Phi) is 2.67. The van der Waals surface area contributed by atoms with Gasteiger partial charge in [0.05, 0.1) is 0 Å². The molecule has 6 rings (SSSR count). The fourth-order valence-electron chi connectivity index (χ4n) is 5.51. The zero-order valence-electron chi connectivity index (χ0n) is 13.7. The van der Waals surface area contributed by atoms with Crippen LogP contribution in [0.15, 0.2) is 12.2 Å². The molecule has 3 aliphatic heterocycles. The molecular weight excluding hydrogens is 314 g/mol. The van der Waals surface area contributed by atoms with Crippen LogP contribution < -0.4 is 0 Å². The van der Waals surface area contributed by atoms with Gasteiger partial charge in [0, 0.05) is 6.42 Å². The molecule has 3 heterocycles. The number of ketones is 1. The number of hydrogen-bond acceptors (Lipinski definition) is 6. The molecular formula is C17H21NO6. The molecule has 0 aromatic heterocycles. The highest BCUT2D eigenvalue weighted by Crippen LogP contribution is 2.65. The first-order valence-electron chi connectivity index (χ1n) is 8.52. The first-order chi connectivity index (χ1) is 11.3. The number of rotatable bonds is 1. The molecule has 7 nitrogen and oxygen atoms in total. The van der Waals surface area contributed by atoms with Gasteiger partial charge in [0.2, 0.25) is 5.79 Å². The van der Waals surface area contributed by atoms with Gasteiger partial charge in [0.25, 0.3) is 5.91 Å². The van der Waals surface area contributed by atoms with Crippen molar-refractivity contribution in [1.29, 1.82) is 0 Å². The van der Waals surface area contributed by atoms with Gasteiger partial charge in [-0.15, -0.1) is 0 Å². The van der Waals surface area contributed by atoms with Crippen LogP contribution in [0.3, 0.4) is 0 Å². The normalized spacial score (nSPS) is 50.6. The minimum Gasteiger partial charge on any atom is -0.361 e. The Morgan fingerprint density at radius 2 is 2.17 bits per heavy atom. The summed E-state index contributed by atoms with van der Waals surface area (Å²) in [7, 11) is 0. The van der Waals surface area contributed by atoms with Crippen LogP contribution in [0.25, 0.3) is 0 Å². The summed E-state index contributed by atoms with van der Waals surface area (Å²) in [6, 6.07) is -0.805. The van der Waals surface area contributed by atoms with Crippen molar-refractivity contribution in [1.82, 2.24) is 5.06 Å². The van der Waals surface area contributed by atoms with E-state index in [9.17, 15) is 14.7 Å². The molecule has 0 radical (unpaired) electrons. The maximum atomic E-state index is 13.5. The van der Waals surface area contributed by atoms with Crippen molar-refractivity contribution >= 4 is 11.7 Å². The Balaban J connectivity index is 1.55. The van der Waals surface area contributed by atoms with Crippen LogP contribution in [0, 0.1) is 16.7 Å². The zero-order chi connectivity index (χ0) is 16.9. The molecule has 2 saturated carbocycles. The van der Waals surface area contributed by atoms with Crippen molar-refractivity contribution in [3.8, 4) is 0 Å². The van der Waals surface area contributed by atoms with Crippen LogP contribution in [0.1, 0.15) is 33.1 Å². The third-order valence-electron chi connectivity index (χ3n) is 7.10. The largest absolute Gasteiger partial charge is 0.361 e. The topological polar surface area (TPSA) is 85.3 Å². The number of hydroxylamine groups is 2. The number of hydrogen-bond donors (Lipinski definition) is 1. The Bertz CT molecular complexity index is 674. The molecule has 5 unspecified atom stereocenters. The molecule has 3 aliphatic carbocycles. The predicted molar refractivity (Wildman–Crippen MR) is 79.0 cm³/mol. The van der Waals surface area contributed by atoms with E-state index in [2.05, 4.69) is 0 Å². The number of aliphatic hydroxyl groups is 1. The highest BCUT2D eigenvalue weighted by Gasteiger charge is 2.72. The van der Waals surface area contributed by atoms with Crippen LogP contribution in [-0.2, 0) is 23.9 Å². The number of carbonyl (C=O) groups excluding carboxylic acids is 2. The summed E-state index contributed by atoms with van der Waals surface area (Å²) in [4.78, 5) is 32.0. The van der Waals surface area contributed by atoms with E-state index in [0.29, 0.717) is 12.8 Å². The van der Waals surface area contributed by atoms with Crippen molar-refractivity contribution in [3.63, 3.8) is 0 Å². The maximum absolute atomic E-state index is 13.5. The minimum absolute atomic E-state index is 0.00472. The van der Waals surface area contributed by atoms with E-state index in [-0.39, 0.29) is 24.4 Å². The van der Waals surface area contributed by atoms with E-state index >= 15 is 0 Å². The van der Waals surface area contributed by atoms with Gasteiger partial charge in [0.15, 0.2) is 6.79 Å². The fraction of sp³-hybridized carbons (Fsp3) is 0.765. The zero-order valence-corrected chi connectivity index (χ0v) is 13.7. The molecule has 6 atom stereocenters. The molecule has 1 N–H and O–H groups in total. The van der Waals surface area contributed by atoms with Gasteiger partial charge in [-0.1, -0.05) is 26.0 Å². The number of ether oxygens (including phenoxy) is 2. The lowest BCUT2D eigenvalue weighted by molar-refractivity contribution is -0.339. The molecule has 4 bridgehead atoms. The van der Waals surface area contributed by atoms with Crippen LogP contribution in [0.2, 0.25) is 0 Å². The Hall–Kier alpha value is -1.28. The Morgan fingerprint density at radius 3 is 2.83 bits per heavy atom. The predicted octanol–water partition coefficient (Wildman–Crippen LogP) is 0.524. The first kappa shape index (κ1) is 15.0. The molecule has 7 heteroatoms. The van der Waals surface area contributed by atoms with E-state index in [0.717, 1.165) is 6.42 Å². The first-order valence-corrected chi connectivity index (χ1v) is 8.52. The van der Waals surface area contributed by atoms with Gasteiger partial charge in [-0.05, 0) is 24.2 Å². The van der Waals surface area contributed by atoms with Gasteiger partial charge in [-0.25, -0.2) is 5.06 Å². The lowest BCUT2D eigenvalue weighted by Gasteiger charge is -2.52. The second-order valence-electron chi connectivity index (χ2n) is 8.12. The average molecular weight is 335 g/mol. The number of fused-ring (bicyclic) bond motifs is 3. The summed E-state index contributed by atoms with van der Waals surface area (Å²) in [6.45, 7) is 3.95. The van der Waals surface area contributed by atoms with Crippen molar-refractivity contribution in [2.75, 3.05) is 6.79 Å². The monoisotopic (exact) mass is 335 g/mol. The molecule has 0 aromatic carbocycles. The third-order valence-corrected chi connectivity index (χ3v) is 7.10. The van der Waals surface area contributed by atoms with E-state index < -0.39 is 34.9 Å². The number of Topliss-reactive ketones (excluding diaryl/α,β-unsaturated/α-hetero) is 1. The Labute approximate surface area is 139 Å². The van der Waals surface area contributed by atoms with E-state index in [1.807, 2.05) is 13.8 Å². The Morgan fingerprint density at radius 1 is 1.38 bits per heavy atom. The highest BCUT2D eigenvalue weighted by molar-refractivity contribution is 6.09. The van der Waals surface area contributed by atoms with Crippen molar-refractivity contribution in [2.45, 2.75) is 57.1 Å². The second-order valence-corrected chi connectivity index (χ2v) is 8.12. The molecule has 1 amide bonds. The summed E-state index contributed by atoms with van der Waals surface area (Å²) < 4.78 is 10.8. The molecule has 0 aromatic rings. The fourth-order valence-corrected chi connectivity index (χ4v) is 5.51. The van der Waals surface area contributed by atoms with Crippen molar-refractivity contribution < 1.29 is 29.0 Å². The van der Waals surface area contributed by atoms with Gasteiger partial charge in [-0.2, -0.15) is 0 Å². The number of carbonyl (C=O) groups is 2. The second kappa shape index (κ2) is 4.27. The molecule has 2 saturated heterocycles. The van der Waals surface area contributed by atoms with E-state index in [4.69, 9.17) is 14.3 Å². The quantitative estimate of drug-likeness (QED) is 0.556. The number of amides is 1. The minimum atomic E-state index is -1.62. The van der Waals surface area contributed by atoms with Gasteiger partial charge in [0.1, 0.15) is 29.4 Å². The van der Waals surface area contributed by atoms with Crippen LogP contribution in [0.5, 0.6) is 0 Å². The highest BCUT2D eigenvalue weighted by atomic mass is 16.8. The number of nitrogens with zero attached hydrogens (tertiary/aromatic N) is 1. The molecule has 4 fully saturated rings. The van der Waals surface area contributed by atoms with E-state index in [1.54, 1.807) is 12.2 Å². The molecule has 130 valence electrons. The maximum Gasteiger partial charge on any atom is 0.261 e. The third kappa shape index (κ3) is 1.41. The van der Waals surface area contributed by atoms with Gasteiger partial charge < -0.3 is 14.6 Å². The summed E-state index contributed by atoms with van der Waals surface area (Å²) in [6.07, 6.45) is 4.10. The van der Waals surface area contributed by atoms with Crippen molar-refractivity contribution in [3.05, 3.63) is 12.2 Å². The standard InChI is InChI=1S/C17H21NO6/c1-15(2)9-5-6-16(15,12(19)7-9)14(20)18-11-4-3-10(24-18)13-17(11,21)23-8-22-13/h3-4,9-11,13,21H,5-8H2,1-2H3/t9?,10?,11?,13?,16-,17?/m1/s1. The summed E-state index contributed by atoms with van der Waals surface area (Å²) in [5, 5.41) is 12.1. The SMILES string of the molecule is CC1(C)C2CC[C@]1(C(=O)N1OC3C=CC1C1(O)OCOC31)C(=O)C2. The van der Waals surface area contributed by atoms with E-state index in [1.165, 1.54) is 5.06 Å². The van der Waals surface area contributed by atoms with Gasteiger partial charge in [-0.3, -0.25) is 14.4 Å². The summed E-state index contributed by atoms with van der Waals surface area (Å²) in [5.41, 5.74) is -1.46. The molecule has 6 aliphatic rings. The van der Waals surface area contributed by atoms with Crippen LogP contribution in [0.4, 0.5) is 0 Å². The molecule has 0 spiro atoms. The summed E-state index contributed by atoms with van der Waals surface area (Å²) in [5.74, 6) is -1.74. The lowest BCUT2D eigenvalue weighted by atomic mass is 9.67. The lowest BCUT2D eigenvalue weighted by Crippen LogP contribution is -2.71. The summed E-state index contributed by atoms with van der Waals surface area (Å²) >= 11 is 0. The smallest absolute Gasteiger partial charge is 0.261 e.